The molecule has 2 heteroatoms. The number of hydrogen-bond acceptors (Lipinski definition) is 2. The van der Waals surface area contributed by atoms with E-state index in [-0.39, 0.29) is 0 Å². The molecule has 0 aliphatic carbocycles. The molecule has 2 nitrogen and oxygen atoms in total. The van der Waals surface area contributed by atoms with Crippen LogP contribution < -0.4 is 0 Å². The van der Waals surface area contributed by atoms with Crippen LogP contribution in [0.2, 0.25) is 0 Å². The highest BCUT2D eigenvalue weighted by molar-refractivity contribution is 5.36. The lowest BCUT2D eigenvalue weighted by Gasteiger charge is -2.01. The van der Waals surface area contributed by atoms with Gasteiger partial charge in [-0.05, 0) is 24.8 Å². The van der Waals surface area contributed by atoms with E-state index in [1.807, 2.05) is 6.07 Å². The summed E-state index contributed by atoms with van der Waals surface area (Å²) < 4.78 is 4.62. The molecular formula is C13H18O2. The van der Waals surface area contributed by atoms with Crippen molar-refractivity contribution in [3.8, 4) is 0 Å². The maximum atomic E-state index is 9.86. The Morgan fingerprint density at radius 1 is 1.00 bits per heavy atom. The smallest absolute Gasteiger partial charge is 0.293 e. The van der Waals surface area contributed by atoms with Crippen LogP contribution >= 0.6 is 0 Å². The maximum Gasteiger partial charge on any atom is 0.293 e. The Morgan fingerprint density at radius 3 is 2.47 bits per heavy atom. The van der Waals surface area contributed by atoms with Gasteiger partial charge in [0.15, 0.2) is 0 Å². The lowest BCUT2D eigenvalue weighted by Crippen LogP contribution is -1.92. The normalized spacial score (nSPS) is 9.87. The molecule has 0 aliphatic rings. The molecule has 0 saturated carbocycles. The number of benzene rings is 1. The molecule has 15 heavy (non-hydrogen) atoms. The van der Waals surface area contributed by atoms with Gasteiger partial charge in [-0.15, -0.1) is 0 Å². The molecule has 1 aromatic rings. The molecule has 0 aliphatic heterocycles. The first kappa shape index (κ1) is 11.8. The van der Waals surface area contributed by atoms with Crippen molar-refractivity contribution >= 4 is 6.47 Å². The van der Waals surface area contributed by atoms with Gasteiger partial charge in [-0.2, -0.15) is 0 Å². The van der Waals surface area contributed by atoms with E-state index >= 15 is 0 Å². The Bertz CT molecular complexity index is 256. The molecule has 82 valence electrons. The minimum Gasteiger partial charge on any atom is -0.468 e. The van der Waals surface area contributed by atoms with Crippen LogP contribution in [0.4, 0.5) is 0 Å². The zero-order valence-electron chi connectivity index (χ0n) is 9.02. The van der Waals surface area contributed by atoms with Crippen molar-refractivity contribution in [2.75, 3.05) is 6.61 Å². The number of hydrogen-bond donors (Lipinski definition) is 0. The standard InChI is InChI=1S/C13H18O2/c14-12-15-11-7-2-1-4-8-13-9-5-3-6-10-13/h3,5-6,9-10,12H,1-2,4,7-8,11H2. The van der Waals surface area contributed by atoms with Crippen LogP contribution in [-0.4, -0.2) is 13.1 Å². The Labute approximate surface area is 91.3 Å². The summed E-state index contributed by atoms with van der Waals surface area (Å²) in [5.74, 6) is 0. The predicted molar refractivity (Wildman–Crippen MR) is 60.6 cm³/mol. The van der Waals surface area contributed by atoms with Crippen LogP contribution in [0.25, 0.3) is 0 Å². The summed E-state index contributed by atoms with van der Waals surface area (Å²) in [6.45, 7) is 1.08. The van der Waals surface area contributed by atoms with Gasteiger partial charge >= 0.3 is 0 Å². The van der Waals surface area contributed by atoms with E-state index in [0.717, 1.165) is 19.3 Å². The maximum absolute atomic E-state index is 9.86. The van der Waals surface area contributed by atoms with Gasteiger partial charge in [0.1, 0.15) is 0 Å². The van der Waals surface area contributed by atoms with E-state index in [4.69, 9.17) is 0 Å². The van der Waals surface area contributed by atoms with Crippen molar-refractivity contribution in [2.45, 2.75) is 32.1 Å². The van der Waals surface area contributed by atoms with Gasteiger partial charge in [0.25, 0.3) is 6.47 Å². The van der Waals surface area contributed by atoms with Crippen molar-refractivity contribution in [3.63, 3.8) is 0 Å². The largest absolute Gasteiger partial charge is 0.468 e. The van der Waals surface area contributed by atoms with Gasteiger partial charge in [0, 0.05) is 0 Å². The van der Waals surface area contributed by atoms with Gasteiger partial charge < -0.3 is 4.74 Å². The topological polar surface area (TPSA) is 26.3 Å². The number of unbranched alkanes of at least 4 members (excludes halogenated alkanes) is 3. The van der Waals surface area contributed by atoms with Crippen LogP contribution in [0.15, 0.2) is 30.3 Å². The highest BCUT2D eigenvalue weighted by Crippen LogP contribution is 2.07. The second-order valence-corrected chi connectivity index (χ2v) is 3.62. The lowest BCUT2D eigenvalue weighted by molar-refractivity contribution is -0.128. The highest BCUT2D eigenvalue weighted by atomic mass is 16.5. The SMILES string of the molecule is O=COCCCCCCc1ccccc1. The van der Waals surface area contributed by atoms with Crippen molar-refractivity contribution in [3.05, 3.63) is 35.9 Å². The molecule has 0 N–H and O–H groups in total. The van der Waals surface area contributed by atoms with Crippen LogP contribution in [-0.2, 0) is 16.0 Å². The minimum atomic E-state index is 0.518. The summed E-state index contributed by atoms with van der Waals surface area (Å²) in [5, 5.41) is 0. The van der Waals surface area contributed by atoms with E-state index < -0.39 is 0 Å². The fourth-order valence-corrected chi connectivity index (χ4v) is 1.56. The summed E-state index contributed by atoms with van der Waals surface area (Å²) in [5.41, 5.74) is 1.40. The first-order valence-electron chi connectivity index (χ1n) is 5.52. The third-order valence-corrected chi connectivity index (χ3v) is 2.39. The molecule has 0 saturated heterocycles. The Morgan fingerprint density at radius 2 is 1.73 bits per heavy atom. The van der Waals surface area contributed by atoms with Crippen molar-refractivity contribution in [2.24, 2.45) is 0 Å². The summed E-state index contributed by atoms with van der Waals surface area (Å²) in [6.07, 6.45) is 5.69. The average Bonchev–Trinajstić information content (AvgIpc) is 2.29. The first-order valence-corrected chi connectivity index (χ1v) is 5.52. The van der Waals surface area contributed by atoms with Gasteiger partial charge in [0.2, 0.25) is 0 Å². The molecule has 0 heterocycles. The zero-order valence-corrected chi connectivity index (χ0v) is 9.02. The molecule has 0 spiro atoms. The number of carbonyl (C=O) groups excluding carboxylic acids is 1. The molecule has 0 amide bonds. The quantitative estimate of drug-likeness (QED) is 0.483. The monoisotopic (exact) mass is 206 g/mol. The molecule has 0 unspecified atom stereocenters. The first-order chi connectivity index (χ1) is 7.43. The predicted octanol–water partition coefficient (Wildman–Crippen LogP) is 2.96. The fraction of sp³-hybridized carbons (Fsp3) is 0.462. The molecule has 0 radical (unpaired) electrons. The summed E-state index contributed by atoms with van der Waals surface area (Å²) in [6, 6.07) is 10.5. The fourth-order valence-electron chi connectivity index (χ4n) is 1.56. The van der Waals surface area contributed by atoms with Crippen LogP contribution in [0, 0.1) is 0 Å². The van der Waals surface area contributed by atoms with Gasteiger partial charge in [0.05, 0.1) is 6.61 Å². The number of rotatable bonds is 8. The van der Waals surface area contributed by atoms with E-state index in [2.05, 4.69) is 29.0 Å². The van der Waals surface area contributed by atoms with Crippen molar-refractivity contribution in [1.29, 1.82) is 0 Å². The molecule has 0 bridgehead atoms. The zero-order chi connectivity index (χ0) is 10.8. The molecule has 1 rings (SSSR count). The minimum absolute atomic E-state index is 0.518. The number of carbonyl (C=O) groups is 1. The van der Waals surface area contributed by atoms with Gasteiger partial charge in [-0.1, -0.05) is 43.2 Å². The number of ether oxygens (including phenoxy) is 1. The third-order valence-electron chi connectivity index (χ3n) is 2.39. The molecule has 1 aromatic carbocycles. The van der Waals surface area contributed by atoms with E-state index in [9.17, 15) is 4.79 Å². The van der Waals surface area contributed by atoms with Gasteiger partial charge in [-0.3, -0.25) is 4.79 Å². The molecule has 0 aromatic heterocycles. The molecular weight excluding hydrogens is 188 g/mol. The average molecular weight is 206 g/mol. The summed E-state index contributed by atoms with van der Waals surface area (Å²) in [7, 11) is 0. The van der Waals surface area contributed by atoms with Crippen LogP contribution in [0.1, 0.15) is 31.2 Å². The Kier molecular flexibility index (Phi) is 6.30. The molecule has 0 atom stereocenters. The Hall–Kier alpha value is -1.31. The van der Waals surface area contributed by atoms with Crippen LogP contribution in [0.5, 0.6) is 0 Å². The van der Waals surface area contributed by atoms with Gasteiger partial charge in [-0.25, -0.2) is 0 Å². The third kappa shape index (κ3) is 5.89. The highest BCUT2D eigenvalue weighted by Gasteiger charge is 1.93. The van der Waals surface area contributed by atoms with Crippen LogP contribution in [0.3, 0.4) is 0 Å². The van der Waals surface area contributed by atoms with E-state index in [1.54, 1.807) is 0 Å². The van der Waals surface area contributed by atoms with Crippen molar-refractivity contribution in [1.82, 2.24) is 0 Å². The van der Waals surface area contributed by atoms with E-state index in [1.165, 1.54) is 18.4 Å². The Balaban J connectivity index is 1.95. The second kappa shape index (κ2) is 8.04. The molecule has 0 fully saturated rings. The van der Waals surface area contributed by atoms with E-state index in [0.29, 0.717) is 13.1 Å². The van der Waals surface area contributed by atoms with Crippen molar-refractivity contribution < 1.29 is 9.53 Å². The summed E-state index contributed by atoms with van der Waals surface area (Å²) in [4.78, 5) is 9.86. The second-order valence-electron chi connectivity index (χ2n) is 3.62. The lowest BCUT2D eigenvalue weighted by atomic mass is 10.1. The summed E-state index contributed by atoms with van der Waals surface area (Å²) >= 11 is 0. The number of aryl methyl sites for hydroxylation is 1.